The molecule has 1 aliphatic carbocycles. The van der Waals surface area contributed by atoms with Crippen molar-refractivity contribution in [3.05, 3.63) is 11.7 Å². The van der Waals surface area contributed by atoms with Crippen molar-refractivity contribution in [3.8, 4) is 0 Å². The topological polar surface area (TPSA) is 59.2 Å². The molecule has 0 bridgehead atoms. The van der Waals surface area contributed by atoms with Crippen LogP contribution in [-0.4, -0.2) is 21.4 Å². The largest absolute Gasteiger partial charge is 0.392 e. The van der Waals surface area contributed by atoms with Crippen molar-refractivity contribution in [1.82, 2.24) is 10.1 Å². The van der Waals surface area contributed by atoms with Gasteiger partial charge in [0.25, 0.3) is 0 Å². The molecule has 4 heteroatoms. The van der Waals surface area contributed by atoms with Gasteiger partial charge in [-0.3, -0.25) is 0 Å². The van der Waals surface area contributed by atoms with Crippen LogP contribution in [-0.2, 0) is 6.42 Å². The summed E-state index contributed by atoms with van der Waals surface area (Å²) in [6.45, 7) is 8.29. The van der Waals surface area contributed by atoms with Gasteiger partial charge in [-0.15, -0.1) is 0 Å². The Kier molecular flexibility index (Phi) is 3.76. The van der Waals surface area contributed by atoms with E-state index in [4.69, 9.17) is 4.52 Å². The number of hydrogen-bond donors (Lipinski definition) is 1. The summed E-state index contributed by atoms with van der Waals surface area (Å²) >= 11 is 0. The van der Waals surface area contributed by atoms with Crippen molar-refractivity contribution in [2.45, 2.75) is 65.4 Å². The maximum Gasteiger partial charge on any atom is 0.229 e. The average Bonchev–Trinajstić information content (AvgIpc) is 2.85. The van der Waals surface area contributed by atoms with E-state index in [9.17, 15) is 5.11 Å². The van der Waals surface area contributed by atoms with Gasteiger partial charge in [0.1, 0.15) is 0 Å². The van der Waals surface area contributed by atoms with Gasteiger partial charge in [-0.1, -0.05) is 32.9 Å². The molecule has 0 radical (unpaired) electrons. The first kappa shape index (κ1) is 13.5. The van der Waals surface area contributed by atoms with Gasteiger partial charge in [0.15, 0.2) is 5.82 Å². The second-order valence-corrected chi connectivity index (χ2v) is 6.75. The van der Waals surface area contributed by atoms with E-state index >= 15 is 0 Å². The third-order valence-electron chi connectivity index (χ3n) is 3.91. The molecular formula is C14H24N2O2. The van der Waals surface area contributed by atoms with Gasteiger partial charge in [0.2, 0.25) is 5.89 Å². The molecule has 1 fully saturated rings. The molecule has 1 N–H and O–H groups in total. The van der Waals surface area contributed by atoms with Crippen molar-refractivity contribution in [3.63, 3.8) is 0 Å². The lowest BCUT2D eigenvalue weighted by Gasteiger charge is -2.24. The van der Waals surface area contributed by atoms with Crippen LogP contribution in [0.25, 0.3) is 0 Å². The van der Waals surface area contributed by atoms with Crippen LogP contribution in [0.15, 0.2) is 4.52 Å². The summed E-state index contributed by atoms with van der Waals surface area (Å²) in [5.74, 6) is 2.60. The summed E-state index contributed by atoms with van der Waals surface area (Å²) in [7, 11) is 0. The van der Waals surface area contributed by atoms with Gasteiger partial charge in [0, 0.05) is 5.92 Å². The summed E-state index contributed by atoms with van der Waals surface area (Å²) in [5.41, 5.74) is -0.156. The second-order valence-electron chi connectivity index (χ2n) is 6.75. The highest BCUT2D eigenvalue weighted by molar-refractivity contribution is 5.00. The first-order chi connectivity index (χ1) is 8.36. The first-order valence-electron chi connectivity index (χ1n) is 6.87. The predicted molar refractivity (Wildman–Crippen MR) is 69.2 cm³/mol. The molecule has 3 atom stereocenters. The number of nitrogens with zero attached hydrogens (tertiary/aromatic N) is 2. The SMILES string of the molecule is CC1CCC(c2noc(CC(O)C(C)(C)C)n2)C1. The highest BCUT2D eigenvalue weighted by Gasteiger charge is 2.28. The van der Waals surface area contributed by atoms with Gasteiger partial charge in [-0.25, -0.2) is 0 Å². The van der Waals surface area contributed by atoms with Crippen molar-refractivity contribution < 1.29 is 9.63 Å². The minimum absolute atomic E-state index is 0.156. The first-order valence-corrected chi connectivity index (χ1v) is 6.87. The molecule has 1 aliphatic rings. The van der Waals surface area contributed by atoms with Crippen LogP contribution in [0.2, 0.25) is 0 Å². The molecule has 1 saturated carbocycles. The standard InChI is InChI=1S/C14H24N2O2/c1-9-5-6-10(7-9)13-15-12(18-16-13)8-11(17)14(2,3)4/h9-11,17H,5-8H2,1-4H3. The molecule has 0 spiro atoms. The Balaban J connectivity index is 1.98. The fourth-order valence-electron chi connectivity index (χ4n) is 2.43. The maximum absolute atomic E-state index is 10.0. The summed E-state index contributed by atoms with van der Waals surface area (Å²) in [6.07, 6.45) is 3.55. The molecule has 0 aromatic carbocycles. The molecule has 0 amide bonds. The molecule has 102 valence electrons. The van der Waals surface area contributed by atoms with E-state index in [1.54, 1.807) is 0 Å². The quantitative estimate of drug-likeness (QED) is 0.898. The third kappa shape index (κ3) is 3.10. The Hall–Kier alpha value is -0.900. The van der Waals surface area contributed by atoms with Crippen LogP contribution in [0.4, 0.5) is 0 Å². The second kappa shape index (κ2) is 5.00. The average molecular weight is 252 g/mol. The van der Waals surface area contributed by atoms with Crippen molar-refractivity contribution >= 4 is 0 Å². The van der Waals surface area contributed by atoms with Crippen molar-refractivity contribution in [1.29, 1.82) is 0 Å². The maximum atomic E-state index is 10.0. The van der Waals surface area contributed by atoms with E-state index in [2.05, 4.69) is 17.1 Å². The van der Waals surface area contributed by atoms with Crippen LogP contribution < -0.4 is 0 Å². The number of aliphatic hydroxyl groups is 1. The van der Waals surface area contributed by atoms with Gasteiger partial charge < -0.3 is 9.63 Å². The van der Waals surface area contributed by atoms with Crippen LogP contribution in [0.1, 0.15) is 64.6 Å². The lowest BCUT2D eigenvalue weighted by molar-refractivity contribution is 0.0565. The van der Waals surface area contributed by atoms with Gasteiger partial charge in [-0.05, 0) is 30.6 Å². The zero-order chi connectivity index (χ0) is 13.3. The predicted octanol–water partition coefficient (Wildman–Crippen LogP) is 2.92. The lowest BCUT2D eigenvalue weighted by Crippen LogP contribution is -2.28. The monoisotopic (exact) mass is 252 g/mol. The Morgan fingerprint density at radius 1 is 1.39 bits per heavy atom. The van der Waals surface area contributed by atoms with E-state index in [1.807, 2.05) is 20.8 Å². The van der Waals surface area contributed by atoms with Gasteiger partial charge in [-0.2, -0.15) is 4.98 Å². The fourth-order valence-corrected chi connectivity index (χ4v) is 2.43. The Morgan fingerprint density at radius 3 is 2.67 bits per heavy atom. The Labute approximate surface area is 109 Å². The zero-order valence-electron chi connectivity index (χ0n) is 11.8. The minimum atomic E-state index is -0.451. The summed E-state index contributed by atoms with van der Waals surface area (Å²) < 4.78 is 5.26. The Bertz CT molecular complexity index is 395. The van der Waals surface area contributed by atoms with Crippen molar-refractivity contribution in [2.75, 3.05) is 0 Å². The smallest absolute Gasteiger partial charge is 0.229 e. The fraction of sp³-hybridized carbons (Fsp3) is 0.857. The number of aliphatic hydroxyl groups excluding tert-OH is 1. The highest BCUT2D eigenvalue weighted by Crippen LogP contribution is 2.36. The van der Waals surface area contributed by atoms with E-state index in [0.717, 1.165) is 24.6 Å². The number of hydrogen-bond acceptors (Lipinski definition) is 4. The molecule has 4 nitrogen and oxygen atoms in total. The van der Waals surface area contributed by atoms with Crippen LogP contribution in [0, 0.1) is 11.3 Å². The minimum Gasteiger partial charge on any atom is -0.392 e. The van der Waals surface area contributed by atoms with E-state index in [0.29, 0.717) is 18.2 Å². The normalized spacial score (nSPS) is 26.5. The van der Waals surface area contributed by atoms with E-state index in [-0.39, 0.29) is 5.41 Å². The summed E-state index contributed by atoms with van der Waals surface area (Å²) in [5, 5.41) is 14.1. The third-order valence-corrected chi connectivity index (χ3v) is 3.91. The molecule has 0 aliphatic heterocycles. The number of rotatable bonds is 3. The van der Waals surface area contributed by atoms with Crippen LogP contribution in [0.5, 0.6) is 0 Å². The van der Waals surface area contributed by atoms with E-state index < -0.39 is 6.10 Å². The van der Waals surface area contributed by atoms with Gasteiger partial charge >= 0.3 is 0 Å². The molecule has 18 heavy (non-hydrogen) atoms. The van der Waals surface area contributed by atoms with Gasteiger partial charge in [0.05, 0.1) is 12.5 Å². The summed E-state index contributed by atoms with van der Waals surface area (Å²) in [6, 6.07) is 0. The Morgan fingerprint density at radius 2 is 2.11 bits per heavy atom. The van der Waals surface area contributed by atoms with E-state index in [1.165, 1.54) is 6.42 Å². The molecule has 1 heterocycles. The molecule has 1 aromatic rings. The molecule has 2 rings (SSSR count). The number of aromatic nitrogens is 2. The molecule has 3 unspecified atom stereocenters. The van der Waals surface area contributed by atoms with Crippen LogP contribution >= 0.6 is 0 Å². The van der Waals surface area contributed by atoms with Crippen molar-refractivity contribution in [2.24, 2.45) is 11.3 Å². The van der Waals surface area contributed by atoms with Crippen LogP contribution in [0.3, 0.4) is 0 Å². The zero-order valence-corrected chi connectivity index (χ0v) is 11.8. The molecule has 0 saturated heterocycles. The molecular weight excluding hydrogens is 228 g/mol. The summed E-state index contributed by atoms with van der Waals surface area (Å²) in [4.78, 5) is 4.44. The molecule has 1 aromatic heterocycles. The highest BCUT2D eigenvalue weighted by atomic mass is 16.5. The lowest BCUT2D eigenvalue weighted by atomic mass is 9.87.